The van der Waals surface area contributed by atoms with Crippen molar-refractivity contribution in [1.29, 1.82) is 0 Å². The van der Waals surface area contributed by atoms with Crippen molar-refractivity contribution in [1.82, 2.24) is 4.98 Å². The summed E-state index contributed by atoms with van der Waals surface area (Å²) in [4.78, 5) is 5.75. The fourth-order valence-electron chi connectivity index (χ4n) is 2.48. The van der Waals surface area contributed by atoms with Gasteiger partial charge in [-0.05, 0) is 54.1 Å². The average molecular weight is 351 g/mol. The van der Waals surface area contributed by atoms with Crippen LogP contribution in [0.2, 0.25) is 0 Å². The Hall–Kier alpha value is -2.59. The highest BCUT2D eigenvalue weighted by atomic mass is 32.1. The average Bonchev–Trinajstić information content (AvgIpc) is 3.27. The summed E-state index contributed by atoms with van der Waals surface area (Å²) in [5, 5.41) is 10.8. The van der Waals surface area contributed by atoms with Crippen LogP contribution in [-0.4, -0.2) is 10.1 Å². The topological polar surface area (TPSA) is 46.3 Å². The molecule has 25 heavy (non-hydrogen) atoms. The molecule has 0 spiro atoms. The molecule has 4 rings (SSSR count). The van der Waals surface area contributed by atoms with Crippen molar-refractivity contribution < 1.29 is 9.52 Å². The molecule has 3 nitrogen and oxygen atoms in total. The van der Waals surface area contributed by atoms with Gasteiger partial charge in [0.05, 0.1) is 4.88 Å². The molecule has 0 aliphatic rings. The van der Waals surface area contributed by atoms with Gasteiger partial charge in [-0.3, -0.25) is 0 Å². The summed E-state index contributed by atoms with van der Waals surface area (Å²) in [6.45, 7) is 2.21. The van der Waals surface area contributed by atoms with Crippen LogP contribution in [0.5, 0.6) is 5.75 Å². The molecule has 0 fully saturated rings. The predicted octanol–water partition coefficient (Wildman–Crippen LogP) is 6.29. The minimum atomic E-state index is 0.322. The number of benzene rings is 2. The Labute approximate surface area is 151 Å². The van der Waals surface area contributed by atoms with Gasteiger partial charge in [0.15, 0.2) is 5.58 Å². The van der Waals surface area contributed by atoms with Gasteiger partial charge in [0.1, 0.15) is 11.3 Å². The van der Waals surface area contributed by atoms with Gasteiger partial charge in [-0.15, -0.1) is 11.3 Å². The van der Waals surface area contributed by atoms with E-state index in [1.165, 1.54) is 23.3 Å². The molecule has 0 atom stereocenters. The number of oxazole rings is 1. The first-order valence-corrected chi connectivity index (χ1v) is 9.32. The number of rotatable bonds is 4. The molecule has 0 aliphatic carbocycles. The summed E-state index contributed by atoms with van der Waals surface area (Å²) in [5.41, 5.74) is 3.15. The van der Waals surface area contributed by atoms with Gasteiger partial charge in [-0.1, -0.05) is 43.7 Å². The van der Waals surface area contributed by atoms with Gasteiger partial charge in [0.25, 0.3) is 0 Å². The molecule has 2 aromatic heterocycles. The van der Waals surface area contributed by atoms with Crippen LogP contribution in [0.1, 0.15) is 25.3 Å². The lowest BCUT2D eigenvalue weighted by Crippen LogP contribution is -1.84. The highest BCUT2D eigenvalue weighted by molar-refractivity contribution is 7.13. The quantitative estimate of drug-likeness (QED) is 0.470. The van der Waals surface area contributed by atoms with E-state index in [0.29, 0.717) is 5.75 Å². The second kappa shape index (κ2) is 8.49. The van der Waals surface area contributed by atoms with Crippen molar-refractivity contribution in [2.24, 2.45) is 0 Å². The van der Waals surface area contributed by atoms with Crippen molar-refractivity contribution in [3.05, 3.63) is 71.6 Å². The van der Waals surface area contributed by atoms with Crippen LogP contribution in [0.25, 0.3) is 21.9 Å². The first-order chi connectivity index (χ1) is 12.3. The van der Waals surface area contributed by atoms with Crippen LogP contribution in [-0.2, 0) is 6.42 Å². The summed E-state index contributed by atoms with van der Waals surface area (Å²) in [6, 6.07) is 18.8. The van der Waals surface area contributed by atoms with Gasteiger partial charge in [0, 0.05) is 0 Å². The second-order valence-electron chi connectivity index (χ2n) is 5.70. The van der Waals surface area contributed by atoms with E-state index in [0.717, 1.165) is 23.4 Å². The van der Waals surface area contributed by atoms with Crippen molar-refractivity contribution >= 4 is 22.4 Å². The largest absolute Gasteiger partial charge is 0.508 e. The van der Waals surface area contributed by atoms with E-state index in [2.05, 4.69) is 23.4 Å². The number of fused-ring (bicyclic) bond motifs is 1. The Bertz CT molecular complexity index is 879. The van der Waals surface area contributed by atoms with Crippen LogP contribution in [0.3, 0.4) is 0 Å². The smallest absolute Gasteiger partial charge is 0.237 e. The number of aryl methyl sites for hydroxylation is 1. The van der Waals surface area contributed by atoms with Crippen LogP contribution >= 0.6 is 11.3 Å². The van der Waals surface area contributed by atoms with E-state index in [1.807, 2.05) is 30.3 Å². The maximum absolute atomic E-state index is 8.63. The Morgan fingerprint density at radius 1 is 1.00 bits per heavy atom. The summed E-state index contributed by atoms with van der Waals surface area (Å²) in [7, 11) is 0. The molecule has 0 unspecified atom stereocenters. The summed E-state index contributed by atoms with van der Waals surface area (Å²) in [5.74, 6) is 1.08. The van der Waals surface area contributed by atoms with E-state index in [-0.39, 0.29) is 0 Å². The highest BCUT2D eigenvalue weighted by Crippen LogP contribution is 2.32. The minimum Gasteiger partial charge on any atom is -0.508 e. The fraction of sp³-hybridized carbons (Fsp3) is 0.190. The number of hydrogen-bond donors (Lipinski definition) is 1. The molecule has 0 saturated heterocycles. The number of aromatic nitrogens is 1. The number of hydrogen-bond acceptors (Lipinski definition) is 4. The van der Waals surface area contributed by atoms with Gasteiger partial charge in [-0.25, -0.2) is 4.98 Å². The van der Waals surface area contributed by atoms with E-state index < -0.39 is 0 Å². The van der Waals surface area contributed by atoms with Gasteiger partial charge >= 0.3 is 0 Å². The maximum Gasteiger partial charge on any atom is 0.237 e. The Balaban J connectivity index is 0.000000219. The van der Waals surface area contributed by atoms with Crippen LogP contribution in [0, 0.1) is 0 Å². The van der Waals surface area contributed by atoms with Crippen LogP contribution in [0.15, 0.2) is 70.5 Å². The molecular weight excluding hydrogens is 330 g/mol. The third-order valence-corrected chi connectivity index (χ3v) is 4.74. The lowest BCUT2D eigenvalue weighted by molar-refractivity contribution is 0.475. The molecule has 4 heteroatoms. The van der Waals surface area contributed by atoms with Crippen molar-refractivity contribution in [3.63, 3.8) is 0 Å². The van der Waals surface area contributed by atoms with Gasteiger partial charge in [-0.2, -0.15) is 0 Å². The Morgan fingerprint density at radius 2 is 1.76 bits per heavy atom. The van der Waals surface area contributed by atoms with Gasteiger partial charge in [0.2, 0.25) is 5.89 Å². The van der Waals surface area contributed by atoms with Gasteiger partial charge < -0.3 is 9.52 Å². The second-order valence-corrected chi connectivity index (χ2v) is 6.62. The van der Waals surface area contributed by atoms with E-state index in [9.17, 15) is 0 Å². The number of unbranched alkanes of at least 4 members (excludes halogenated alkanes) is 1. The summed E-state index contributed by atoms with van der Waals surface area (Å²) >= 11 is 1.71. The molecular formula is C21H21NO2S. The van der Waals surface area contributed by atoms with Crippen LogP contribution in [0.4, 0.5) is 0 Å². The first-order valence-electron chi connectivity index (χ1n) is 8.44. The number of phenolic OH excluding ortho intramolecular Hbond substituents is 1. The normalized spacial score (nSPS) is 10.4. The van der Waals surface area contributed by atoms with Crippen molar-refractivity contribution in [3.8, 4) is 16.5 Å². The predicted molar refractivity (Wildman–Crippen MR) is 104 cm³/mol. The molecule has 0 saturated carbocycles. The lowest BCUT2D eigenvalue weighted by atomic mass is 10.1. The Morgan fingerprint density at radius 3 is 2.44 bits per heavy atom. The van der Waals surface area contributed by atoms with E-state index in [1.54, 1.807) is 35.6 Å². The molecule has 0 bridgehead atoms. The fourth-order valence-corrected chi connectivity index (χ4v) is 3.36. The molecule has 0 aliphatic heterocycles. The molecule has 0 amide bonds. The maximum atomic E-state index is 8.63. The van der Waals surface area contributed by atoms with Crippen molar-refractivity contribution in [2.45, 2.75) is 26.2 Å². The Kier molecular flexibility index (Phi) is 5.86. The number of thiophene rings is 1. The number of aromatic hydroxyl groups is 1. The molecule has 2 heterocycles. The minimum absolute atomic E-state index is 0.322. The van der Waals surface area contributed by atoms with E-state index in [4.69, 9.17) is 9.52 Å². The monoisotopic (exact) mass is 351 g/mol. The third-order valence-electron chi connectivity index (χ3n) is 3.79. The molecule has 2 aromatic carbocycles. The SMILES string of the molecule is CCCCc1ccsc1-c1nc2ccccc2o1.Oc1ccccc1. The number of phenols is 1. The highest BCUT2D eigenvalue weighted by Gasteiger charge is 2.13. The zero-order chi connectivity index (χ0) is 17.5. The number of nitrogens with zero attached hydrogens (tertiary/aromatic N) is 1. The summed E-state index contributed by atoms with van der Waals surface area (Å²) in [6.07, 6.45) is 3.53. The lowest BCUT2D eigenvalue weighted by Gasteiger charge is -1.98. The molecule has 0 radical (unpaired) electrons. The molecule has 4 aromatic rings. The zero-order valence-corrected chi connectivity index (χ0v) is 15.0. The zero-order valence-electron chi connectivity index (χ0n) is 14.2. The standard InChI is InChI=1S/C15H15NOS.C6H6O/c1-2-3-6-11-9-10-18-14(11)15-16-12-7-4-5-8-13(12)17-15;7-6-4-2-1-3-5-6/h4-5,7-10H,2-3,6H2,1H3;1-5,7H. The first kappa shape index (κ1) is 17.2. The number of para-hydroxylation sites is 3. The van der Waals surface area contributed by atoms with E-state index >= 15 is 0 Å². The van der Waals surface area contributed by atoms with Crippen molar-refractivity contribution in [2.75, 3.05) is 0 Å². The third kappa shape index (κ3) is 4.48. The van der Waals surface area contributed by atoms with Crippen LogP contribution < -0.4 is 0 Å². The molecule has 128 valence electrons. The molecule has 1 N–H and O–H groups in total. The summed E-state index contributed by atoms with van der Waals surface area (Å²) < 4.78 is 5.83.